The van der Waals surface area contributed by atoms with E-state index in [1.165, 1.54) is 0 Å². The van der Waals surface area contributed by atoms with E-state index in [1.54, 1.807) is 0 Å². The van der Waals surface area contributed by atoms with Crippen LogP contribution in [0.2, 0.25) is 0 Å². The van der Waals surface area contributed by atoms with Gasteiger partial charge in [-0.3, -0.25) is 0 Å². The zero-order chi connectivity index (χ0) is 48.2. The molecule has 0 aliphatic heterocycles. The molecule has 0 aliphatic rings. The Hall–Kier alpha value is 6.26. The topological polar surface area (TPSA) is 184 Å². The van der Waals surface area contributed by atoms with Gasteiger partial charge in [0.25, 0.3) is 0 Å². The van der Waals surface area contributed by atoms with E-state index in [0.717, 1.165) is 97.4 Å². The Morgan fingerprint density at radius 1 is 0.254 bits per heavy atom. The minimum Gasteiger partial charge on any atom is -0.854 e. The third kappa shape index (κ3) is 60.7. The summed E-state index contributed by atoms with van der Waals surface area (Å²) in [5, 5.41) is 0. The summed E-state index contributed by atoms with van der Waals surface area (Å²) in [7, 11) is -2.27. The molecule has 63 heavy (non-hydrogen) atoms. The zero-order valence-corrected chi connectivity index (χ0v) is 57.6. The van der Waals surface area contributed by atoms with Gasteiger partial charge in [0.2, 0.25) is 0 Å². The van der Waals surface area contributed by atoms with Crippen molar-refractivity contribution in [2.45, 2.75) is 162 Å². The molecule has 23 heteroatoms. The summed E-state index contributed by atoms with van der Waals surface area (Å²) < 4.78 is 0. The normalized spacial score (nSPS) is 12.6. The predicted octanol–water partition coefficient (Wildman–Crippen LogP) is 6.56. The van der Waals surface area contributed by atoms with Gasteiger partial charge in [-0.2, -0.15) is 0 Å². The molecule has 0 atom stereocenters. The molecule has 0 amide bonds. The van der Waals surface area contributed by atoms with Crippen LogP contribution in [-0.2, 0) is 152 Å². The maximum atomic E-state index is 11.4. The fraction of sp³-hybridized carbons (Fsp3) is 1.00. The minimum absolute atomic E-state index is 0. The van der Waals surface area contributed by atoms with Gasteiger partial charge in [0, 0.05) is 0 Å². The van der Waals surface area contributed by atoms with Crippen molar-refractivity contribution in [3.8, 4) is 0 Å². The molecule has 0 unspecified atom stereocenters. The van der Waals surface area contributed by atoms with Gasteiger partial charge in [0.1, 0.15) is 0 Å². The first-order valence-corrected chi connectivity index (χ1v) is 41.0. The molecular formula is C40H88Mo3O8P4S8. The summed E-state index contributed by atoms with van der Waals surface area (Å²) in [6.07, 6.45) is 7.70. The van der Waals surface area contributed by atoms with Gasteiger partial charge in [0.15, 0.2) is 0 Å². The molecular weight excluding hydrogens is 1280 g/mol. The van der Waals surface area contributed by atoms with Crippen molar-refractivity contribution in [3.63, 3.8) is 0 Å². The van der Waals surface area contributed by atoms with E-state index in [1.807, 2.05) is 0 Å². The summed E-state index contributed by atoms with van der Waals surface area (Å²) in [6.45, 7) is 33.8. The minimum atomic E-state index is -3.53. The number of hydrogen-bond donors (Lipinski definition) is 0. The molecule has 0 saturated carbocycles. The van der Waals surface area contributed by atoms with Crippen LogP contribution in [0.1, 0.15) is 162 Å². The molecule has 0 aromatic heterocycles. The molecule has 0 saturated heterocycles. The quantitative estimate of drug-likeness (QED) is 0.0577. The fourth-order valence-corrected chi connectivity index (χ4v) is 26.1. The summed E-state index contributed by atoms with van der Waals surface area (Å²) in [5.41, 5.74) is -14.1. The standard InChI is InChI=1S/4C10H22O2PS2.3Mo/c4*1-9(2)5-7-15(13(11,12)14)8-6-10(3)4;;;/h4*9-10H,5-8H2,1-4H3;;;/q4*-3;3*+4. The third-order valence-electron chi connectivity index (χ3n) is 8.71. The Bertz CT molecular complexity index is 1060. The van der Waals surface area contributed by atoms with Gasteiger partial charge in [-0.05, 0) is 145 Å². The maximum Gasteiger partial charge on any atom is 4.00 e. The van der Waals surface area contributed by atoms with E-state index in [2.05, 4.69) is 160 Å². The average Bonchev–Trinajstić information content (AvgIpc) is 3.02. The van der Waals surface area contributed by atoms with Crippen molar-refractivity contribution in [1.29, 1.82) is 0 Å². The van der Waals surface area contributed by atoms with E-state index in [0.29, 0.717) is 47.3 Å². The SMILES string of the molecule is CC(C)CCS(CCC(C)C)=P([O-])([O-])[S-].CC(C)CCS(CCC(C)C)=P([O-])([O-])[S-].CC(C)CCS(CCC(C)C)=P([O-])([O-])[S-].CC(C)CCS(CCC(C)C)=P([O-])([O-])[S-].[Mo+4].[Mo+4].[Mo+4]. The van der Waals surface area contributed by atoms with Crippen molar-refractivity contribution in [3.05, 3.63) is 0 Å². The Labute approximate surface area is 464 Å². The summed E-state index contributed by atoms with van der Waals surface area (Å²) in [6, 6.07) is 0. The molecule has 0 aromatic carbocycles. The first-order valence-electron chi connectivity index (χ1n) is 21.7. The van der Waals surface area contributed by atoms with Crippen molar-refractivity contribution in [2.75, 3.05) is 46.0 Å². The van der Waals surface area contributed by atoms with Crippen molar-refractivity contribution < 1.29 is 102 Å². The zero-order valence-electron chi connectivity index (χ0n) is 41.5. The molecule has 0 spiro atoms. The molecule has 0 rings (SSSR count). The second-order valence-electron chi connectivity index (χ2n) is 18.7. The fourth-order valence-electron chi connectivity index (χ4n) is 4.28. The summed E-state index contributed by atoms with van der Waals surface area (Å²) >= 11 is 18.5. The van der Waals surface area contributed by atoms with Crippen LogP contribution in [0.3, 0.4) is 0 Å². The molecule has 0 radical (unpaired) electrons. The first kappa shape index (κ1) is 83.3. The monoisotopic (exact) mass is 1370 g/mol. The van der Waals surface area contributed by atoms with E-state index < -0.39 is 63.1 Å². The van der Waals surface area contributed by atoms with Crippen LogP contribution in [0.4, 0.5) is 0 Å². The Kier molecular flexibility index (Phi) is 60.3. The van der Waals surface area contributed by atoms with Crippen molar-refractivity contribution in [2.24, 2.45) is 47.3 Å². The number of rotatable bonds is 24. The van der Waals surface area contributed by atoms with Crippen LogP contribution in [0, 0.1) is 47.3 Å². The van der Waals surface area contributed by atoms with E-state index >= 15 is 0 Å². The molecule has 0 bridgehead atoms. The molecule has 0 aromatic rings. The van der Waals surface area contributed by atoms with Gasteiger partial charge in [0.05, 0.1) is 0 Å². The van der Waals surface area contributed by atoms with E-state index in [-0.39, 0.29) is 63.2 Å². The second-order valence-corrected chi connectivity index (χ2v) is 49.8. The Morgan fingerprint density at radius 2 is 0.333 bits per heavy atom. The number of hydrogen-bond acceptors (Lipinski definition) is 12. The van der Waals surface area contributed by atoms with Gasteiger partial charge in [-0.1, -0.05) is 111 Å². The smallest absolute Gasteiger partial charge is 0.854 e. The van der Waals surface area contributed by atoms with Crippen LogP contribution in [0.15, 0.2) is 0 Å². The van der Waals surface area contributed by atoms with Gasteiger partial charge in [-0.15, -0.1) is 0 Å². The second kappa shape index (κ2) is 45.6. The Morgan fingerprint density at radius 3 is 0.381 bits per heavy atom. The molecule has 0 fully saturated rings. The largest absolute Gasteiger partial charge is 4.00 e. The Balaban J connectivity index is -0.000000131. The van der Waals surface area contributed by atoms with Crippen LogP contribution in [0.25, 0.3) is 0 Å². The van der Waals surface area contributed by atoms with Crippen LogP contribution < -0.4 is 39.1 Å². The van der Waals surface area contributed by atoms with Crippen LogP contribution in [0.5, 0.6) is 0 Å². The molecule has 0 N–H and O–H groups in total. The summed E-state index contributed by atoms with van der Waals surface area (Å²) in [4.78, 5) is 91.3. The van der Waals surface area contributed by atoms with Crippen molar-refractivity contribution >= 4 is 112 Å². The van der Waals surface area contributed by atoms with E-state index in [4.69, 9.17) is 0 Å². The molecule has 382 valence electrons. The van der Waals surface area contributed by atoms with Crippen LogP contribution in [-0.4, -0.2) is 46.0 Å². The van der Waals surface area contributed by atoms with Crippen molar-refractivity contribution in [1.82, 2.24) is 0 Å². The predicted molar refractivity (Wildman–Crippen MR) is 281 cm³/mol. The first-order chi connectivity index (χ1) is 26.9. The molecule has 0 heterocycles. The van der Waals surface area contributed by atoms with E-state index in [9.17, 15) is 39.1 Å². The summed E-state index contributed by atoms with van der Waals surface area (Å²) in [5.74, 6) is 10.5. The van der Waals surface area contributed by atoms with Gasteiger partial charge < -0.3 is 111 Å². The van der Waals surface area contributed by atoms with Crippen LogP contribution >= 0.6 is 22.8 Å². The van der Waals surface area contributed by atoms with Gasteiger partial charge >= 0.3 is 63.2 Å². The third-order valence-corrected chi connectivity index (χ3v) is 36.5. The maximum absolute atomic E-state index is 11.4. The average molecular weight is 1370 g/mol. The molecule has 8 nitrogen and oxygen atoms in total. The molecule has 0 aliphatic carbocycles. The van der Waals surface area contributed by atoms with Gasteiger partial charge in [-0.25, -0.2) is 40.3 Å².